The van der Waals surface area contributed by atoms with Crippen LogP contribution in [0, 0.1) is 13.8 Å². The van der Waals surface area contributed by atoms with Crippen LogP contribution >= 0.6 is 35.6 Å². The van der Waals surface area contributed by atoms with Gasteiger partial charge >= 0.3 is 0 Å². The first-order valence-corrected chi connectivity index (χ1v) is 7.04. The van der Waals surface area contributed by atoms with Gasteiger partial charge in [-0.1, -0.05) is 30.1 Å². The van der Waals surface area contributed by atoms with Crippen LogP contribution in [0.1, 0.15) is 37.0 Å². The maximum atomic E-state index is 6.33. The summed E-state index contributed by atoms with van der Waals surface area (Å²) in [5.74, 6) is 0.738. The Bertz CT molecular complexity index is 435. The second-order valence-electron chi connectivity index (χ2n) is 4.49. The fourth-order valence-electron chi connectivity index (χ4n) is 1.93. The van der Waals surface area contributed by atoms with Crippen molar-refractivity contribution in [2.45, 2.75) is 46.6 Å². The van der Waals surface area contributed by atoms with Crippen LogP contribution in [0.15, 0.2) is 0 Å². The molecule has 5 heteroatoms. The van der Waals surface area contributed by atoms with E-state index in [0.29, 0.717) is 16.7 Å². The van der Waals surface area contributed by atoms with Crippen LogP contribution < -0.4 is 10.5 Å². The van der Waals surface area contributed by atoms with E-state index < -0.39 is 0 Å². The lowest BCUT2D eigenvalue weighted by atomic mass is 9.97. The molecule has 2 nitrogen and oxygen atoms in total. The van der Waals surface area contributed by atoms with E-state index in [0.717, 1.165) is 35.3 Å². The van der Waals surface area contributed by atoms with Crippen molar-refractivity contribution in [3.8, 4) is 5.75 Å². The van der Waals surface area contributed by atoms with Crippen LogP contribution in [-0.4, -0.2) is 12.6 Å². The first-order valence-electron chi connectivity index (χ1n) is 6.29. The van der Waals surface area contributed by atoms with E-state index in [-0.39, 0.29) is 18.4 Å². The highest BCUT2D eigenvalue weighted by molar-refractivity contribution is 6.37. The number of nitrogens with two attached hydrogens (primary N) is 1. The average Bonchev–Trinajstić information content (AvgIpc) is 2.37. The number of ether oxygens (including phenoxy) is 1. The summed E-state index contributed by atoms with van der Waals surface area (Å²) in [5, 5.41) is 1.31. The molecule has 0 fully saturated rings. The van der Waals surface area contributed by atoms with E-state index in [1.807, 2.05) is 20.8 Å². The molecule has 0 aromatic heterocycles. The normalized spacial score (nSPS) is 11.9. The van der Waals surface area contributed by atoms with Crippen molar-refractivity contribution in [2.24, 2.45) is 5.73 Å². The van der Waals surface area contributed by atoms with Crippen molar-refractivity contribution in [1.29, 1.82) is 0 Å². The van der Waals surface area contributed by atoms with Crippen molar-refractivity contribution in [2.75, 3.05) is 6.61 Å². The summed E-state index contributed by atoms with van der Waals surface area (Å²) >= 11 is 12.6. The molecule has 0 saturated heterocycles. The van der Waals surface area contributed by atoms with E-state index in [2.05, 4.69) is 6.92 Å². The standard InChI is InChI=1S/C14H21Cl2NO.ClH/c1-5-10(17)7-11-8(3)12(15)9(4)13(16)14(11)18-6-2;/h10H,5-7,17H2,1-4H3;1H. The van der Waals surface area contributed by atoms with Crippen LogP contribution in [0.2, 0.25) is 10.0 Å². The Balaban J connectivity index is 0.00000324. The predicted molar refractivity (Wildman–Crippen MR) is 86.3 cm³/mol. The monoisotopic (exact) mass is 325 g/mol. The van der Waals surface area contributed by atoms with Crippen LogP contribution in [0.5, 0.6) is 5.75 Å². The van der Waals surface area contributed by atoms with Gasteiger partial charge in [0.05, 0.1) is 11.6 Å². The lowest BCUT2D eigenvalue weighted by Gasteiger charge is -2.20. The Labute approximate surface area is 132 Å². The van der Waals surface area contributed by atoms with Crippen molar-refractivity contribution in [3.05, 3.63) is 26.7 Å². The van der Waals surface area contributed by atoms with Gasteiger partial charge in [-0.2, -0.15) is 0 Å². The van der Waals surface area contributed by atoms with E-state index in [4.69, 9.17) is 33.7 Å². The molecule has 1 unspecified atom stereocenters. The van der Waals surface area contributed by atoms with Gasteiger partial charge in [0.25, 0.3) is 0 Å². The molecule has 2 N–H and O–H groups in total. The van der Waals surface area contributed by atoms with Crippen LogP contribution in [0.25, 0.3) is 0 Å². The lowest BCUT2D eigenvalue weighted by Crippen LogP contribution is -2.22. The first-order chi connectivity index (χ1) is 8.43. The highest BCUT2D eigenvalue weighted by Crippen LogP contribution is 2.40. The minimum absolute atomic E-state index is 0. The molecule has 0 saturated carbocycles. The summed E-state index contributed by atoms with van der Waals surface area (Å²) < 4.78 is 5.68. The fraction of sp³-hybridized carbons (Fsp3) is 0.571. The minimum Gasteiger partial charge on any atom is -0.492 e. The molecule has 0 spiro atoms. The van der Waals surface area contributed by atoms with Crippen molar-refractivity contribution < 1.29 is 4.74 Å². The third-order valence-corrected chi connectivity index (χ3v) is 4.22. The predicted octanol–water partition coefficient (Wildman–Crippen LogP) is 4.71. The lowest BCUT2D eigenvalue weighted by molar-refractivity contribution is 0.335. The molecule has 0 heterocycles. The highest BCUT2D eigenvalue weighted by atomic mass is 35.5. The number of benzene rings is 1. The van der Waals surface area contributed by atoms with Gasteiger partial charge in [0.2, 0.25) is 0 Å². The van der Waals surface area contributed by atoms with Crippen LogP contribution in [0.4, 0.5) is 0 Å². The van der Waals surface area contributed by atoms with Gasteiger partial charge in [-0.25, -0.2) is 0 Å². The summed E-state index contributed by atoms with van der Waals surface area (Å²) in [5.41, 5.74) is 8.96. The molecule has 110 valence electrons. The van der Waals surface area contributed by atoms with Crippen molar-refractivity contribution >= 4 is 35.6 Å². The molecule has 0 aliphatic rings. The molecule has 1 aromatic carbocycles. The summed E-state index contributed by atoms with van der Waals surface area (Å²) in [6.07, 6.45) is 1.64. The molecular formula is C14H22Cl3NO. The van der Waals surface area contributed by atoms with Gasteiger partial charge < -0.3 is 10.5 Å². The van der Waals surface area contributed by atoms with Crippen molar-refractivity contribution in [1.82, 2.24) is 0 Å². The second kappa shape index (κ2) is 8.21. The molecule has 1 rings (SSSR count). The van der Waals surface area contributed by atoms with Gasteiger partial charge in [0, 0.05) is 16.6 Å². The van der Waals surface area contributed by atoms with E-state index >= 15 is 0 Å². The van der Waals surface area contributed by atoms with E-state index in [1.54, 1.807) is 0 Å². The molecule has 0 radical (unpaired) electrons. The third kappa shape index (κ3) is 4.16. The number of rotatable bonds is 5. The maximum absolute atomic E-state index is 6.33. The summed E-state index contributed by atoms with van der Waals surface area (Å²) in [6, 6.07) is 0.0951. The summed E-state index contributed by atoms with van der Waals surface area (Å²) in [4.78, 5) is 0. The molecule has 1 aromatic rings. The van der Waals surface area contributed by atoms with Gasteiger partial charge in [-0.3, -0.25) is 0 Å². The summed E-state index contributed by atoms with van der Waals surface area (Å²) in [7, 11) is 0. The molecule has 0 amide bonds. The van der Waals surface area contributed by atoms with Gasteiger partial charge in [-0.05, 0) is 44.7 Å². The summed E-state index contributed by atoms with van der Waals surface area (Å²) in [6.45, 7) is 8.49. The van der Waals surface area contributed by atoms with E-state index in [9.17, 15) is 0 Å². The Morgan fingerprint density at radius 3 is 2.16 bits per heavy atom. The minimum atomic E-state index is 0. The molecule has 0 aliphatic heterocycles. The maximum Gasteiger partial charge on any atom is 0.141 e. The topological polar surface area (TPSA) is 35.2 Å². The number of hydrogen-bond donors (Lipinski definition) is 1. The zero-order valence-electron chi connectivity index (χ0n) is 11.8. The first kappa shape index (κ1) is 18.9. The highest BCUT2D eigenvalue weighted by Gasteiger charge is 2.19. The zero-order valence-corrected chi connectivity index (χ0v) is 14.2. The Morgan fingerprint density at radius 1 is 1.11 bits per heavy atom. The largest absolute Gasteiger partial charge is 0.492 e. The molecule has 1 atom stereocenters. The SMILES string of the molecule is CCOc1c(Cl)c(C)c(Cl)c(C)c1CC(N)CC.Cl. The fourth-order valence-corrected chi connectivity index (χ4v) is 2.45. The number of hydrogen-bond acceptors (Lipinski definition) is 2. The average molecular weight is 327 g/mol. The second-order valence-corrected chi connectivity index (χ2v) is 5.25. The molecule has 19 heavy (non-hydrogen) atoms. The van der Waals surface area contributed by atoms with Crippen molar-refractivity contribution in [3.63, 3.8) is 0 Å². The molecular weight excluding hydrogens is 305 g/mol. The molecule has 0 aliphatic carbocycles. The van der Waals surface area contributed by atoms with E-state index in [1.165, 1.54) is 0 Å². The zero-order chi connectivity index (χ0) is 13.9. The van der Waals surface area contributed by atoms with Gasteiger partial charge in [-0.15, -0.1) is 12.4 Å². The molecule has 0 bridgehead atoms. The third-order valence-electron chi connectivity index (χ3n) is 3.19. The number of halogens is 3. The van der Waals surface area contributed by atoms with Crippen LogP contribution in [-0.2, 0) is 6.42 Å². The Hall–Kier alpha value is -0.150. The van der Waals surface area contributed by atoms with Crippen LogP contribution in [0.3, 0.4) is 0 Å². The Kier molecular flexibility index (Phi) is 8.14. The quantitative estimate of drug-likeness (QED) is 0.850. The smallest absolute Gasteiger partial charge is 0.141 e. The van der Waals surface area contributed by atoms with Gasteiger partial charge in [0.1, 0.15) is 5.75 Å². The van der Waals surface area contributed by atoms with Gasteiger partial charge in [0.15, 0.2) is 0 Å². The Morgan fingerprint density at radius 2 is 1.68 bits per heavy atom.